The van der Waals surface area contributed by atoms with Crippen LogP contribution in [-0.2, 0) is 20.7 Å². The van der Waals surface area contributed by atoms with Crippen molar-refractivity contribution in [3.05, 3.63) is 35.9 Å². The third-order valence-electron chi connectivity index (χ3n) is 3.75. The molecule has 1 aromatic rings. The van der Waals surface area contributed by atoms with E-state index in [2.05, 4.69) is 15.4 Å². The minimum absolute atomic E-state index is 0.279. The molecule has 25 heavy (non-hydrogen) atoms. The van der Waals surface area contributed by atoms with E-state index in [0.29, 0.717) is 6.29 Å². The van der Waals surface area contributed by atoms with Gasteiger partial charge in [0.2, 0.25) is 5.91 Å². The van der Waals surface area contributed by atoms with Crippen molar-refractivity contribution < 1.29 is 24.2 Å². The van der Waals surface area contributed by atoms with Crippen LogP contribution in [-0.4, -0.2) is 48.7 Å². The molecule has 3 N–H and O–H groups in total. The maximum absolute atomic E-state index is 12.7. The van der Waals surface area contributed by atoms with E-state index in [1.807, 2.05) is 30.3 Å². The van der Waals surface area contributed by atoms with Gasteiger partial charge in [0.25, 0.3) is 0 Å². The van der Waals surface area contributed by atoms with Crippen LogP contribution >= 0.6 is 0 Å². The van der Waals surface area contributed by atoms with Crippen molar-refractivity contribution in [3.8, 4) is 0 Å². The normalized spacial score (nSPS) is 14.8. The smallest absolute Gasteiger partial charge is 0.407 e. The van der Waals surface area contributed by atoms with Crippen molar-refractivity contribution >= 4 is 18.3 Å². The molecule has 0 saturated carbocycles. The molecule has 1 aromatic carbocycles. The van der Waals surface area contributed by atoms with Crippen molar-refractivity contribution in [1.82, 2.24) is 10.6 Å². The van der Waals surface area contributed by atoms with Crippen molar-refractivity contribution in [2.75, 3.05) is 7.11 Å². The third kappa shape index (κ3) is 6.54. The number of nitrogens with one attached hydrogen (secondary N) is 2. The third-order valence-corrected chi connectivity index (χ3v) is 3.75. The van der Waals surface area contributed by atoms with Gasteiger partial charge in [0.15, 0.2) is 6.29 Å². The number of aliphatic hydroxyl groups is 1. The van der Waals surface area contributed by atoms with Gasteiger partial charge < -0.3 is 25.3 Å². The van der Waals surface area contributed by atoms with Gasteiger partial charge in [-0.15, -0.1) is 0 Å². The highest BCUT2D eigenvalue weighted by molar-refractivity contribution is 5.87. The van der Waals surface area contributed by atoms with E-state index in [-0.39, 0.29) is 6.42 Å². The van der Waals surface area contributed by atoms with Gasteiger partial charge in [0.05, 0.1) is 13.2 Å². The molecular weight excluding hydrogens is 324 g/mol. The number of carbonyl (C=O) groups is 3. The predicted octanol–water partition coefficient (Wildman–Crippen LogP) is 1.04. The summed E-state index contributed by atoms with van der Waals surface area (Å²) < 4.78 is 4.56. The number of carbonyl (C=O) groups excluding carboxylic acids is 3. The van der Waals surface area contributed by atoms with Crippen LogP contribution in [0, 0.1) is 5.41 Å². The molecule has 0 aromatic heterocycles. The summed E-state index contributed by atoms with van der Waals surface area (Å²) >= 11 is 0. The molecule has 7 heteroatoms. The summed E-state index contributed by atoms with van der Waals surface area (Å²) in [6.45, 7) is 5.36. The summed E-state index contributed by atoms with van der Waals surface area (Å²) in [5, 5.41) is 15.1. The first-order chi connectivity index (χ1) is 11.7. The van der Waals surface area contributed by atoms with Gasteiger partial charge in [0, 0.05) is 0 Å². The SMILES string of the molecule is COC(=O)N[C@H](C(=O)N[C@@H](Cc1ccccc1)[C@@H](O)C=O)C(C)(C)C. The highest BCUT2D eigenvalue weighted by atomic mass is 16.5. The van der Waals surface area contributed by atoms with E-state index < -0.39 is 35.6 Å². The Bertz CT molecular complexity index is 583. The number of rotatable bonds is 7. The molecule has 0 spiro atoms. The lowest BCUT2D eigenvalue weighted by Crippen LogP contribution is -2.57. The second-order valence-electron chi connectivity index (χ2n) is 6.87. The Morgan fingerprint density at radius 2 is 1.80 bits per heavy atom. The van der Waals surface area contributed by atoms with Gasteiger partial charge in [0.1, 0.15) is 12.1 Å². The summed E-state index contributed by atoms with van der Waals surface area (Å²) in [4.78, 5) is 35.2. The summed E-state index contributed by atoms with van der Waals surface area (Å²) in [7, 11) is 1.21. The molecule has 0 unspecified atom stereocenters. The van der Waals surface area contributed by atoms with Gasteiger partial charge in [-0.05, 0) is 17.4 Å². The van der Waals surface area contributed by atoms with Crippen LogP contribution in [0.15, 0.2) is 30.3 Å². The molecule has 0 heterocycles. The minimum Gasteiger partial charge on any atom is -0.453 e. The van der Waals surface area contributed by atoms with Crippen molar-refractivity contribution in [2.45, 2.75) is 45.4 Å². The van der Waals surface area contributed by atoms with E-state index in [0.717, 1.165) is 5.56 Å². The molecule has 1 rings (SSSR count). The molecule has 0 aliphatic carbocycles. The zero-order chi connectivity index (χ0) is 19.0. The van der Waals surface area contributed by atoms with Crippen LogP contribution in [0.25, 0.3) is 0 Å². The molecule has 0 saturated heterocycles. The van der Waals surface area contributed by atoms with Gasteiger partial charge in [-0.3, -0.25) is 4.79 Å². The van der Waals surface area contributed by atoms with Crippen LogP contribution in [0.1, 0.15) is 26.3 Å². The number of hydrogen-bond donors (Lipinski definition) is 3. The summed E-state index contributed by atoms with van der Waals surface area (Å²) in [6.07, 6.45) is -1.43. The molecule has 7 nitrogen and oxygen atoms in total. The Balaban J connectivity index is 2.94. The molecule has 0 aliphatic rings. The number of methoxy groups -OCH3 is 1. The first-order valence-electron chi connectivity index (χ1n) is 8.01. The molecular formula is C18H26N2O5. The van der Waals surface area contributed by atoms with Crippen LogP contribution in [0.2, 0.25) is 0 Å². The Hall–Kier alpha value is -2.41. The first-order valence-corrected chi connectivity index (χ1v) is 8.01. The number of aldehydes is 1. The fourth-order valence-electron chi connectivity index (χ4n) is 2.34. The topological polar surface area (TPSA) is 105 Å². The van der Waals surface area contributed by atoms with Gasteiger partial charge in [-0.1, -0.05) is 51.1 Å². The average molecular weight is 350 g/mol. The van der Waals surface area contributed by atoms with Crippen molar-refractivity contribution in [3.63, 3.8) is 0 Å². The lowest BCUT2D eigenvalue weighted by atomic mass is 9.86. The summed E-state index contributed by atoms with van der Waals surface area (Å²) in [5.74, 6) is -0.500. The minimum atomic E-state index is -1.36. The number of benzene rings is 1. The van der Waals surface area contributed by atoms with Crippen LogP contribution in [0.3, 0.4) is 0 Å². The lowest BCUT2D eigenvalue weighted by molar-refractivity contribution is -0.127. The maximum atomic E-state index is 12.7. The lowest BCUT2D eigenvalue weighted by Gasteiger charge is -2.32. The van der Waals surface area contributed by atoms with Crippen LogP contribution in [0.4, 0.5) is 4.79 Å². The van der Waals surface area contributed by atoms with Crippen molar-refractivity contribution in [1.29, 1.82) is 0 Å². The molecule has 0 bridgehead atoms. The Morgan fingerprint density at radius 3 is 2.28 bits per heavy atom. The fraction of sp³-hybridized carbons (Fsp3) is 0.500. The van der Waals surface area contributed by atoms with Crippen LogP contribution in [0.5, 0.6) is 0 Å². The monoisotopic (exact) mass is 350 g/mol. The molecule has 0 fully saturated rings. The number of ether oxygens (including phenoxy) is 1. The number of hydrogen-bond acceptors (Lipinski definition) is 5. The Kier molecular flexibility index (Phi) is 7.57. The maximum Gasteiger partial charge on any atom is 0.407 e. The molecule has 0 radical (unpaired) electrons. The van der Waals surface area contributed by atoms with Gasteiger partial charge >= 0.3 is 6.09 Å². The van der Waals surface area contributed by atoms with E-state index >= 15 is 0 Å². The fourth-order valence-corrected chi connectivity index (χ4v) is 2.34. The second kappa shape index (κ2) is 9.17. The van der Waals surface area contributed by atoms with E-state index in [1.165, 1.54) is 7.11 Å². The molecule has 138 valence electrons. The summed E-state index contributed by atoms with van der Waals surface area (Å²) in [5.41, 5.74) is 0.267. The van der Waals surface area contributed by atoms with Crippen molar-refractivity contribution in [2.24, 2.45) is 5.41 Å². The molecule has 3 atom stereocenters. The average Bonchev–Trinajstić information content (AvgIpc) is 2.57. The standard InChI is InChI=1S/C18H26N2O5/c1-18(2,3)15(20-17(24)25-4)16(23)19-13(14(22)11-21)10-12-8-6-5-7-9-12/h5-9,11,13-15,22H,10H2,1-4H3,(H,19,23)(H,20,24)/t13-,14-,15+/m0/s1. The quantitative estimate of drug-likeness (QED) is 0.638. The Morgan fingerprint density at radius 1 is 1.20 bits per heavy atom. The molecule has 2 amide bonds. The largest absolute Gasteiger partial charge is 0.453 e. The molecule has 0 aliphatic heterocycles. The van der Waals surface area contributed by atoms with Crippen LogP contribution < -0.4 is 10.6 Å². The Labute approximate surface area is 147 Å². The summed E-state index contributed by atoms with van der Waals surface area (Å²) in [6, 6.07) is 7.49. The predicted molar refractivity (Wildman–Crippen MR) is 92.9 cm³/mol. The highest BCUT2D eigenvalue weighted by Gasteiger charge is 2.35. The number of amides is 2. The zero-order valence-corrected chi connectivity index (χ0v) is 15.0. The first kappa shape index (κ1) is 20.6. The second-order valence-corrected chi connectivity index (χ2v) is 6.87. The number of alkyl carbamates (subject to hydrolysis) is 1. The van der Waals surface area contributed by atoms with E-state index in [4.69, 9.17) is 0 Å². The van der Waals surface area contributed by atoms with E-state index in [9.17, 15) is 19.5 Å². The van der Waals surface area contributed by atoms with E-state index in [1.54, 1.807) is 20.8 Å². The van der Waals surface area contributed by atoms with Gasteiger partial charge in [-0.2, -0.15) is 0 Å². The van der Waals surface area contributed by atoms with Gasteiger partial charge in [-0.25, -0.2) is 4.79 Å². The number of aliphatic hydroxyl groups excluding tert-OH is 1. The highest BCUT2D eigenvalue weighted by Crippen LogP contribution is 2.20. The zero-order valence-electron chi connectivity index (χ0n) is 15.0.